The molecular weight excluding hydrogens is 316 g/mol. The van der Waals surface area contributed by atoms with E-state index in [4.69, 9.17) is 5.73 Å². The van der Waals surface area contributed by atoms with E-state index in [1.807, 2.05) is 35.8 Å². The fourth-order valence-electron chi connectivity index (χ4n) is 2.81. The Morgan fingerprint density at radius 3 is 2.67 bits per heavy atom. The summed E-state index contributed by atoms with van der Waals surface area (Å²) < 4.78 is 0. The van der Waals surface area contributed by atoms with Gasteiger partial charge in [-0.15, -0.1) is 11.3 Å². The van der Waals surface area contributed by atoms with Crippen LogP contribution in [0.1, 0.15) is 23.3 Å². The molecule has 0 saturated carbocycles. The largest absolute Gasteiger partial charge is 0.383 e. The van der Waals surface area contributed by atoms with Crippen molar-refractivity contribution in [2.24, 2.45) is 10.7 Å². The van der Waals surface area contributed by atoms with Crippen molar-refractivity contribution in [2.45, 2.75) is 19.8 Å². The van der Waals surface area contributed by atoms with E-state index >= 15 is 0 Å². The van der Waals surface area contributed by atoms with Gasteiger partial charge < -0.3 is 15.6 Å². The topological polar surface area (TPSA) is 57.4 Å². The molecule has 0 spiro atoms. The molecule has 0 radical (unpaired) electrons. The van der Waals surface area contributed by atoms with Gasteiger partial charge in [0.25, 0.3) is 0 Å². The third-order valence-electron chi connectivity index (χ3n) is 4.23. The number of aromatic nitrogens is 1. The molecule has 1 aromatic carbocycles. The normalized spacial score (nSPS) is 15.5. The summed E-state index contributed by atoms with van der Waals surface area (Å²) in [6, 6.07) is 10.0. The smallest absolute Gasteiger partial charge is 0.141 e. The Morgan fingerprint density at radius 1 is 1.25 bits per heavy atom. The lowest BCUT2D eigenvalue weighted by molar-refractivity contribution is 0.418. The zero-order valence-corrected chi connectivity index (χ0v) is 15.1. The Labute approximate surface area is 147 Å². The van der Waals surface area contributed by atoms with E-state index in [-0.39, 0.29) is 0 Å². The molecular formula is C19H24N4S. The molecule has 5 heteroatoms. The number of rotatable bonds is 2. The molecule has 4 nitrogen and oxygen atoms in total. The number of fused-ring (bicyclic) bond motifs is 1. The first-order chi connectivity index (χ1) is 11.6. The predicted molar refractivity (Wildman–Crippen MR) is 104 cm³/mol. The molecule has 1 saturated heterocycles. The summed E-state index contributed by atoms with van der Waals surface area (Å²) in [6.07, 6.45) is 4.83. The van der Waals surface area contributed by atoms with E-state index in [1.165, 1.54) is 36.9 Å². The molecule has 126 valence electrons. The minimum absolute atomic E-state index is 0.567. The number of aryl methyl sites for hydroxylation is 1. The van der Waals surface area contributed by atoms with Crippen molar-refractivity contribution in [1.29, 1.82) is 0 Å². The summed E-state index contributed by atoms with van der Waals surface area (Å²) in [4.78, 5) is 11.0. The van der Waals surface area contributed by atoms with Crippen molar-refractivity contribution in [3.63, 3.8) is 0 Å². The van der Waals surface area contributed by atoms with Gasteiger partial charge in [0.2, 0.25) is 0 Å². The van der Waals surface area contributed by atoms with Crippen LogP contribution in [0.25, 0.3) is 10.9 Å². The van der Waals surface area contributed by atoms with Crippen LogP contribution in [0.15, 0.2) is 46.9 Å². The van der Waals surface area contributed by atoms with Crippen LogP contribution in [0.5, 0.6) is 0 Å². The Bertz CT molecular complexity index is 811. The molecule has 3 aromatic rings. The molecule has 1 aliphatic heterocycles. The highest BCUT2D eigenvalue weighted by atomic mass is 32.1. The van der Waals surface area contributed by atoms with E-state index in [0.717, 1.165) is 16.1 Å². The molecule has 0 unspecified atom stereocenters. The van der Waals surface area contributed by atoms with Crippen molar-refractivity contribution < 1.29 is 0 Å². The zero-order valence-electron chi connectivity index (χ0n) is 14.2. The van der Waals surface area contributed by atoms with Crippen molar-refractivity contribution >= 4 is 33.8 Å². The van der Waals surface area contributed by atoms with E-state index in [1.54, 1.807) is 11.3 Å². The van der Waals surface area contributed by atoms with Gasteiger partial charge in [-0.2, -0.15) is 0 Å². The Hall–Kier alpha value is -2.11. The molecule has 1 fully saturated rings. The first kappa shape index (κ1) is 16.7. The van der Waals surface area contributed by atoms with Crippen LogP contribution in [0.4, 0.5) is 5.69 Å². The second-order valence-electron chi connectivity index (χ2n) is 6.19. The number of thiophene rings is 1. The summed E-state index contributed by atoms with van der Waals surface area (Å²) in [5.41, 5.74) is 9.21. The van der Waals surface area contributed by atoms with Gasteiger partial charge in [-0.05, 0) is 75.1 Å². The van der Waals surface area contributed by atoms with Gasteiger partial charge in [0.05, 0.1) is 10.6 Å². The first-order valence-electron chi connectivity index (χ1n) is 8.28. The maximum atomic E-state index is 5.98. The number of amidine groups is 1. The highest BCUT2D eigenvalue weighted by molar-refractivity contribution is 7.12. The number of nitrogens with two attached hydrogens (primary N) is 1. The van der Waals surface area contributed by atoms with Gasteiger partial charge in [0, 0.05) is 17.1 Å². The van der Waals surface area contributed by atoms with Gasteiger partial charge in [0.15, 0.2) is 0 Å². The second kappa shape index (κ2) is 7.64. The fourth-order valence-corrected chi connectivity index (χ4v) is 3.44. The van der Waals surface area contributed by atoms with E-state index in [0.29, 0.717) is 5.84 Å². The van der Waals surface area contributed by atoms with Crippen LogP contribution in [0, 0.1) is 6.92 Å². The summed E-state index contributed by atoms with van der Waals surface area (Å²) in [6.45, 7) is 4.72. The average molecular weight is 340 g/mol. The number of nitrogens with zero attached hydrogens (tertiary/aromatic N) is 2. The summed E-state index contributed by atoms with van der Waals surface area (Å²) in [7, 11) is 2.17. The van der Waals surface area contributed by atoms with Crippen LogP contribution in [0.2, 0.25) is 0 Å². The Kier molecular flexibility index (Phi) is 5.33. The highest BCUT2D eigenvalue weighted by Gasteiger charge is 2.04. The van der Waals surface area contributed by atoms with Crippen molar-refractivity contribution in [3.05, 3.63) is 52.3 Å². The van der Waals surface area contributed by atoms with Gasteiger partial charge in [-0.3, -0.25) is 0 Å². The minimum Gasteiger partial charge on any atom is -0.383 e. The van der Waals surface area contributed by atoms with E-state index in [9.17, 15) is 0 Å². The molecule has 0 amide bonds. The van der Waals surface area contributed by atoms with Gasteiger partial charge >= 0.3 is 0 Å². The van der Waals surface area contributed by atoms with Gasteiger partial charge in [-0.25, -0.2) is 4.99 Å². The number of likely N-dealkylation sites (tertiary alicyclic amines) is 1. The lowest BCUT2D eigenvalue weighted by Gasteiger charge is -2.01. The lowest BCUT2D eigenvalue weighted by Crippen LogP contribution is -2.10. The summed E-state index contributed by atoms with van der Waals surface area (Å²) >= 11 is 1.60. The van der Waals surface area contributed by atoms with Crippen LogP contribution in [0.3, 0.4) is 0 Å². The minimum atomic E-state index is 0.567. The number of aromatic amines is 1. The Balaban J connectivity index is 0.000000238. The van der Waals surface area contributed by atoms with Crippen LogP contribution in [-0.4, -0.2) is 35.9 Å². The SMILES string of the molecule is CN1CCCC1.Cc1c[nH]c2ccc(N=C(N)c3cccs3)cc12. The summed E-state index contributed by atoms with van der Waals surface area (Å²) in [5.74, 6) is 0.567. The third kappa shape index (κ3) is 4.04. The standard InChI is InChI=1S/C14H13N3S.C5H11N/c1-9-8-16-12-5-4-10(7-11(9)12)17-14(15)13-3-2-6-18-13;1-6-4-2-3-5-6/h2-8,16H,1H3,(H2,15,17);2-5H2,1H3. The molecule has 2 aromatic heterocycles. The predicted octanol–water partition coefficient (Wildman–Crippen LogP) is 4.29. The number of H-pyrrole nitrogens is 1. The van der Waals surface area contributed by atoms with Crippen LogP contribution >= 0.6 is 11.3 Å². The number of nitrogens with one attached hydrogen (secondary N) is 1. The maximum absolute atomic E-state index is 5.98. The number of benzene rings is 1. The van der Waals surface area contributed by atoms with Crippen molar-refractivity contribution in [2.75, 3.05) is 20.1 Å². The fraction of sp³-hybridized carbons (Fsp3) is 0.316. The highest BCUT2D eigenvalue weighted by Crippen LogP contribution is 2.24. The monoisotopic (exact) mass is 340 g/mol. The summed E-state index contributed by atoms with van der Waals surface area (Å²) in [5, 5.41) is 3.19. The molecule has 0 aliphatic carbocycles. The molecule has 0 bridgehead atoms. The lowest BCUT2D eigenvalue weighted by atomic mass is 10.2. The van der Waals surface area contributed by atoms with Crippen molar-refractivity contribution in [3.8, 4) is 0 Å². The van der Waals surface area contributed by atoms with Gasteiger partial charge in [0.1, 0.15) is 5.84 Å². The third-order valence-corrected chi connectivity index (χ3v) is 5.12. The number of aliphatic imine (C=N–C) groups is 1. The first-order valence-corrected chi connectivity index (χ1v) is 9.16. The average Bonchev–Trinajstić information content (AvgIpc) is 3.31. The van der Waals surface area contributed by atoms with Gasteiger partial charge in [-0.1, -0.05) is 6.07 Å². The molecule has 3 heterocycles. The van der Waals surface area contributed by atoms with Crippen molar-refractivity contribution in [1.82, 2.24) is 9.88 Å². The zero-order chi connectivity index (χ0) is 16.9. The Morgan fingerprint density at radius 2 is 2.04 bits per heavy atom. The molecule has 0 atom stereocenters. The number of hydrogen-bond acceptors (Lipinski definition) is 3. The maximum Gasteiger partial charge on any atom is 0.141 e. The molecule has 24 heavy (non-hydrogen) atoms. The molecule has 1 aliphatic rings. The second-order valence-corrected chi connectivity index (χ2v) is 7.13. The van der Waals surface area contributed by atoms with Crippen LogP contribution in [-0.2, 0) is 0 Å². The quantitative estimate of drug-likeness (QED) is 0.540. The molecule has 4 rings (SSSR count). The number of hydrogen-bond donors (Lipinski definition) is 2. The van der Waals surface area contributed by atoms with E-state index in [2.05, 4.69) is 34.9 Å². The van der Waals surface area contributed by atoms with E-state index < -0.39 is 0 Å². The molecule has 3 N–H and O–H groups in total. The van der Waals surface area contributed by atoms with Crippen LogP contribution < -0.4 is 5.73 Å².